The van der Waals surface area contributed by atoms with E-state index in [4.69, 9.17) is 9.47 Å². The van der Waals surface area contributed by atoms with Gasteiger partial charge in [-0.25, -0.2) is 0 Å². The molecule has 0 saturated carbocycles. The van der Waals surface area contributed by atoms with Crippen molar-refractivity contribution < 1.29 is 9.47 Å². The zero-order valence-electron chi connectivity index (χ0n) is 15.4. The van der Waals surface area contributed by atoms with Gasteiger partial charge in [0.15, 0.2) is 5.96 Å². The number of thiophene rings is 1. The topological polar surface area (TPSA) is 46.1 Å². The van der Waals surface area contributed by atoms with Gasteiger partial charge in [-0.3, -0.25) is 4.99 Å². The van der Waals surface area contributed by atoms with Crippen LogP contribution in [0.2, 0.25) is 0 Å². The van der Waals surface area contributed by atoms with Gasteiger partial charge in [0, 0.05) is 50.0 Å². The van der Waals surface area contributed by atoms with Crippen LogP contribution in [0, 0.1) is 5.92 Å². The van der Waals surface area contributed by atoms with Crippen LogP contribution in [0.3, 0.4) is 0 Å². The molecule has 6 heteroatoms. The largest absolute Gasteiger partial charge is 0.382 e. The molecule has 1 unspecified atom stereocenters. The number of guanidine groups is 1. The van der Waals surface area contributed by atoms with Gasteiger partial charge in [-0.1, -0.05) is 19.9 Å². The predicted molar refractivity (Wildman–Crippen MR) is 101 cm³/mol. The fraction of sp³-hybridized carbons (Fsp3) is 0.722. The maximum Gasteiger partial charge on any atom is 0.193 e. The average Bonchev–Trinajstić information content (AvgIpc) is 3.24. The maximum atomic E-state index is 5.67. The van der Waals surface area contributed by atoms with E-state index in [1.807, 2.05) is 18.4 Å². The zero-order chi connectivity index (χ0) is 17.4. The molecule has 0 aromatic carbocycles. The molecule has 1 aromatic heterocycles. The summed E-state index contributed by atoms with van der Waals surface area (Å²) >= 11 is 1.81. The van der Waals surface area contributed by atoms with E-state index in [9.17, 15) is 0 Å². The molecule has 0 amide bonds. The highest BCUT2D eigenvalue weighted by Crippen LogP contribution is 2.26. The Morgan fingerprint density at radius 1 is 1.46 bits per heavy atom. The van der Waals surface area contributed by atoms with Gasteiger partial charge in [0.05, 0.1) is 19.8 Å². The fourth-order valence-corrected chi connectivity index (χ4v) is 3.79. The first kappa shape index (κ1) is 19.2. The van der Waals surface area contributed by atoms with E-state index in [0.717, 1.165) is 38.6 Å². The number of hydrogen-bond donors (Lipinski definition) is 1. The molecule has 1 fully saturated rings. The van der Waals surface area contributed by atoms with Gasteiger partial charge in [-0.05, 0) is 17.9 Å². The number of methoxy groups -OCH3 is 1. The molecule has 0 bridgehead atoms. The van der Waals surface area contributed by atoms with Crippen LogP contribution in [0.1, 0.15) is 25.1 Å². The van der Waals surface area contributed by atoms with Crippen LogP contribution < -0.4 is 5.32 Å². The summed E-state index contributed by atoms with van der Waals surface area (Å²) in [4.78, 5) is 8.21. The Kier molecular flexibility index (Phi) is 7.52. The minimum atomic E-state index is 0.104. The van der Waals surface area contributed by atoms with Crippen molar-refractivity contribution in [3.05, 3.63) is 22.4 Å². The second-order valence-electron chi connectivity index (χ2n) is 6.93. The molecule has 1 atom stereocenters. The van der Waals surface area contributed by atoms with Crippen molar-refractivity contribution in [2.75, 3.05) is 53.6 Å². The Labute approximate surface area is 150 Å². The van der Waals surface area contributed by atoms with Crippen molar-refractivity contribution in [1.82, 2.24) is 10.2 Å². The van der Waals surface area contributed by atoms with Crippen molar-refractivity contribution in [1.29, 1.82) is 0 Å². The van der Waals surface area contributed by atoms with E-state index < -0.39 is 0 Å². The van der Waals surface area contributed by atoms with Crippen molar-refractivity contribution in [2.45, 2.75) is 25.7 Å². The molecule has 0 spiro atoms. The number of likely N-dealkylation sites (tertiary alicyclic amines) is 1. The van der Waals surface area contributed by atoms with Gasteiger partial charge in [0.25, 0.3) is 0 Å². The van der Waals surface area contributed by atoms with Crippen LogP contribution in [-0.2, 0) is 14.9 Å². The molecule has 0 aliphatic carbocycles. The van der Waals surface area contributed by atoms with Gasteiger partial charge in [-0.15, -0.1) is 11.3 Å². The normalized spacial score (nSPS) is 19.1. The van der Waals surface area contributed by atoms with Gasteiger partial charge in [0.2, 0.25) is 0 Å². The predicted octanol–water partition coefficient (Wildman–Crippen LogP) is 2.59. The summed E-state index contributed by atoms with van der Waals surface area (Å²) in [6.07, 6.45) is 1.15. The first-order valence-electron chi connectivity index (χ1n) is 8.63. The molecule has 2 heterocycles. The molecule has 5 nitrogen and oxygen atoms in total. The number of ether oxygens (including phenoxy) is 2. The molecule has 1 aromatic rings. The van der Waals surface area contributed by atoms with Crippen molar-refractivity contribution >= 4 is 17.3 Å². The Hall–Kier alpha value is -1.11. The van der Waals surface area contributed by atoms with E-state index in [0.29, 0.717) is 19.1 Å². The Morgan fingerprint density at radius 2 is 2.29 bits per heavy atom. The Balaban J connectivity index is 1.78. The van der Waals surface area contributed by atoms with Crippen molar-refractivity contribution in [2.24, 2.45) is 10.9 Å². The number of aliphatic imine (C=N–C) groups is 1. The highest BCUT2D eigenvalue weighted by molar-refractivity contribution is 7.10. The van der Waals surface area contributed by atoms with E-state index in [1.165, 1.54) is 4.88 Å². The smallest absolute Gasteiger partial charge is 0.193 e. The maximum absolute atomic E-state index is 5.67. The molecule has 1 aliphatic heterocycles. The molecule has 2 rings (SSSR count). The highest BCUT2D eigenvalue weighted by atomic mass is 32.1. The van der Waals surface area contributed by atoms with Gasteiger partial charge in [-0.2, -0.15) is 0 Å². The lowest BCUT2D eigenvalue weighted by atomic mass is 9.91. The van der Waals surface area contributed by atoms with E-state index >= 15 is 0 Å². The second kappa shape index (κ2) is 9.39. The standard InChI is InChI=1S/C18H31N3O2S/c1-18(2,16-6-5-11-24-16)14-20-17(19-3)21-8-7-15(12-21)13-23-10-9-22-4/h5-6,11,15H,7-10,12-14H2,1-4H3,(H,19,20). The third-order valence-electron chi connectivity index (χ3n) is 4.46. The van der Waals surface area contributed by atoms with E-state index in [-0.39, 0.29) is 5.41 Å². The van der Waals surface area contributed by atoms with Gasteiger partial charge >= 0.3 is 0 Å². The molecule has 1 aliphatic rings. The number of hydrogen-bond acceptors (Lipinski definition) is 4. The monoisotopic (exact) mass is 353 g/mol. The summed E-state index contributed by atoms with van der Waals surface area (Å²) < 4.78 is 10.7. The fourth-order valence-electron chi connectivity index (χ4n) is 2.94. The van der Waals surface area contributed by atoms with Crippen LogP contribution >= 0.6 is 11.3 Å². The minimum Gasteiger partial charge on any atom is -0.382 e. The van der Waals surface area contributed by atoms with Gasteiger partial charge in [0.1, 0.15) is 0 Å². The lowest BCUT2D eigenvalue weighted by Crippen LogP contribution is -2.45. The molecular weight excluding hydrogens is 322 g/mol. The summed E-state index contributed by atoms with van der Waals surface area (Å²) in [5, 5.41) is 5.70. The first-order valence-corrected chi connectivity index (χ1v) is 9.51. The van der Waals surface area contributed by atoms with Crippen LogP contribution in [-0.4, -0.2) is 64.5 Å². The lowest BCUT2D eigenvalue weighted by Gasteiger charge is -2.28. The Morgan fingerprint density at radius 3 is 2.96 bits per heavy atom. The molecule has 24 heavy (non-hydrogen) atoms. The molecule has 1 N–H and O–H groups in total. The average molecular weight is 354 g/mol. The summed E-state index contributed by atoms with van der Waals surface area (Å²) in [6.45, 7) is 9.62. The second-order valence-corrected chi connectivity index (χ2v) is 7.88. The van der Waals surface area contributed by atoms with Crippen LogP contribution in [0.4, 0.5) is 0 Å². The van der Waals surface area contributed by atoms with Crippen molar-refractivity contribution in [3.63, 3.8) is 0 Å². The number of nitrogens with one attached hydrogen (secondary N) is 1. The summed E-state index contributed by atoms with van der Waals surface area (Å²) in [5.74, 6) is 1.57. The van der Waals surface area contributed by atoms with Crippen molar-refractivity contribution in [3.8, 4) is 0 Å². The zero-order valence-corrected chi connectivity index (χ0v) is 16.2. The van der Waals surface area contributed by atoms with E-state index in [2.05, 4.69) is 46.6 Å². The van der Waals surface area contributed by atoms with Crippen LogP contribution in [0.5, 0.6) is 0 Å². The third kappa shape index (κ3) is 5.46. The van der Waals surface area contributed by atoms with Gasteiger partial charge < -0.3 is 19.7 Å². The first-order chi connectivity index (χ1) is 11.6. The number of nitrogens with zero attached hydrogens (tertiary/aromatic N) is 2. The SMILES string of the molecule is CN=C(NCC(C)(C)c1cccs1)N1CCC(COCCOC)C1. The summed E-state index contributed by atoms with van der Waals surface area (Å²) in [7, 11) is 3.57. The third-order valence-corrected chi connectivity index (χ3v) is 5.70. The molecular formula is C18H31N3O2S. The van der Waals surface area contributed by atoms with E-state index in [1.54, 1.807) is 7.11 Å². The molecule has 1 saturated heterocycles. The lowest BCUT2D eigenvalue weighted by molar-refractivity contribution is 0.0536. The highest BCUT2D eigenvalue weighted by Gasteiger charge is 2.27. The number of rotatable bonds is 8. The minimum absolute atomic E-state index is 0.104. The summed E-state index contributed by atoms with van der Waals surface area (Å²) in [6, 6.07) is 4.32. The molecule has 136 valence electrons. The molecule has 0 radical (unpaired) electrons. The van der Waals surface area contributed by atoms with Crippen LogP contribution in [0.15, 0.2) is 22.5 Å². The van der Waals surface area contributed by atoms with Crippen LogP contribution in [0.25, 0.3) is 0 Å². The Bertz CT molecular complexity index is 502. The quantitative estimate of drug-likeness (QED) is 0.443. The summed E-state index contributed by atoms with van der Waals surface area (Å²) in [5.41, 5.74) is 0.104.